The van der Waals surface area contributed by atoms with E-state index in [1.54, 1.807) is 0 Å². The lowest BCUT2D eigenvalue weighted by molar-refractivity contribution is -0.0800. The molecular weight excluding hydrogens is 392 g/mol. The average Bonchev–Trinajstić information content (AvgIpc) is 2.56. The van der Waals surface area contributed by atoms with Crippen molar-refractivity contribution in [3.63, 3.8) is 0 Å². The zero-order chi connectivity index (χ0) is 19.3. The van der Waals surface area contributed by atoms with Gasteiger partial charge >= 0.3 is 20.8 Å². The van der Waals surface area contributed by atoms with Crippen molar-refractivity contribution in [2.75, 3.05) is 54.2 Å². The first-order valence-electron chi connectivity index (χ1n) is 6.62. The monoisotopic (exact) mass is 414 g/mol. The van der Waals surface area contributed by atoms with E-state index in [-0.39, 0.29) is 26.4 Å². The number of hydrogen-bond donors (Lipinski definition) is 2. The largest absolute Gasteiger partial charge is 0.400 e. The van der Waals surface area contributed by atoms with Crippen LogP contribution in [0.4, 0.5) is 0 Å². The molecular formula is C10H22O13S2. The van der Waals surface area contributed by atoms with Crippen molar-refractivity contribution >= 4 is 20.8 Å². The maximum absolute atomic E-state index is 11.3. The number of ether oxygens (including phenoxy) is 3. The van der Waals surface area contributed by atoms with Gasteiger partial charge in [-0.25, -0.2) is 8.37 Å². The maximum Gasteiger partial charge on any atom is 0.400 e. The fourth-order valence-corrected chi connectivity index (χ4v) is 2.36. The molecule has 0 heterocycles. The molecule has 0 aromatic carbocycles. The molecule has 2 atom stereocenters. The van der Waals surface area contributed by atoms with Crippen LogP contribution in [0.3, 0.4) is 0 Å². The predicted molar refractivity (Wildman–Crippen MR) is 78.5 cm³/mol. The summed E-state index contributed by atoms with van der Waals surface area (Å²) in [7, 11) is -6.82. The Morgan fingerprint density at radius 3 is 1.28 bits per heavy atom. The lowest BCUT2D eigenvalue weighted by atomic mass is 10.4. The van der Waals surface area contributed by atoms with E-state index in [0.717, 1.165) is 14.2 Å². The van der Waals surface area contributed by atoms with Crippen molar-refractivity contribution in [1.29, 1.82) is 0 Å². The summed E-state index contributed by atoms with van der Waals surface area (Å²) in [6.45, 7) is -2.84. The van der Waals surface area contributed by atoms with Crippen LogP contribution in [0.1, 0.15) is 0 Å². The van der Waals surface area contributed by atoms with E-state index < -0.39 is 46.6 Å². The van der Waals surface area contributed by atoms with E-state index in [9.17, 15) is 16.8 Å². The minimum absolute atomic E-state index is 0.353. The number of aliphatic hydroxyl groups is 2. The summed E-state index contributed by atoms with van der Waals surface area (Å²) >= 11 is 0. The molecule has 0 saturated heterocycles. The Bertz CT molecular complexity index is 483. The second kappa shape index (κ2) is 12.8. The topological polar surface area (TPSA) is 173 Å². The van der Waals surface area contributed by atoms with Gasteiger partial charge in [-0.05, 0) is 0 Å². The normalized spacial score (nSPS) is 15.2. The molecule has 0 aliphatic carbocycles. The van der Waals surface area contributed by atoms with E-state index in [2.05, 4.69) is 26.2 Å². The molecule has 2 N–H and O–H groups in total. The molecule has 0 fully saturated rings. The van der Waals surface area contributed by atoms with Crippen LogP contribution in [0.25, 0.3) is 0 Å². The van der Waals surface area contributed by atoms with Crippen molar-refractivity contribution in [3.8, 4) is 0 Å². The molecule has 0 spiro atoms. The van der Waals surface area contributed by atoms with Gasteiger partial charge in [0.25, 0.3) is 0 Å². The molecule has 0 aliphatic rings. The van der Waals surface area contributed by atoms with Crippen LogP contribution in [0, 0.1) is 0 Å². The molecule has 0 amide bonds. The zero-order valence-corrected chi connectivity index (χ0v) is 15.2. The van der Waals surface area contributed by atoms with Crippen LogP contribution < -0.4 is 0 Å². The molecule has 0 aromatic heterocycles. The van der Waals surface area contributed by atoms with Crippen molar-refractivity contribution in [2.24, 2.45) is 0 Å². The summed E-state index contributed by atoms with van der Waals surface area (Å²) in [6.07, 6.45) is -2.37. The molecule has 13 nitrogen and oxygen atoms in total. The van der Waals surface area contributed by atoms with Gasteiger partial charge in [0, 0.05) is 0 Å². The molecule has 0 rings (SSSR count). The zero-order valence-electron chi connectivity index (χ0n) is 13.6. The van der Waals surface area contributed by atoms with E-state index >= 15 is 0 Å². The van der Waals surface area contributed by atoms with Gasteiger partial charge in [0.1, 0.15) is 25.8 Å². The van der Waals surface area contributed by atoms with Crippen LogP contribution in [0.2, 0.25) is 0 Å². The fourth-order valence-electron chi connectivity index (χ4n) is 1.32. The Kier molecular flexibility index (Phi) is 12.6. The smallest absolute Gasteiger partial charge is 0.376 e. The van der Waals surface area contributed by atoms with Gasteiger partial charge < -0.3 is 24.4 Å². The lowest BCUT2D eigenvalue weighted by Crippen LogP contribution is -2.33. The van der Waals surface area contributed by atoms with Gasteiger partial charge in [0.05, 0.1) is 40.6 Å². The van der Waals surface area contributed by atoms with E-state index in [1.165, 1.54) is 0 Å². The predicted octanol–water partition coefficient (Wildman–Crippen LogP) is -2.51. The van der Waals surface area contributed by atoms with E-state index in [4.69, 9.17) is 14.9 Å². The third kappa shape index (κ3) is 12.5. The van der Waals surface area contributed by atoms with Gasteiger partial charge in [0.15, 0.2) is 0 Å². The quantitative estimate of drug-likeness (QED) is 0.254. The highest BCUT2D eigenvalue weighted by Crippen LogP contribution is 2.06. The second-order valence-electron chi connectivity index (χ2n) is 4.12. The van der Waals surface area contributed by atoms with Crippen LogP contribution in [0.5, 0.6) is 0 Å². The number of aliphatic hydroxyl groups excluding tert-OH is 2. The lowest BCUT2D eigenvalue weighted by Gasteiger charge is -2.19. The Labute approximate surface area is 145 Å². The first-order valence-corrected chi connectivity index (χ1v) is 9.29. The third-order valence-electron chi connectivity index (χ3n) is 2.31. The van der Waals surface area contributed by atoms with E-state index in [1.807, 2.05) is 0 Å². The van der Waals surface area contributed by atoms with Gasteiger partial charge in [-0.3, -0.25) is 8.37 Å². The first-order chi connectivity index (χ1) is 11.7. The minimum Gasteiger partial charge on any atom is -0.376 e. The summed E-state index contributed by atoms with van der Waals surface area (Å²) in [4.78, 5) is 0. The van der Waals surface area contributed by atoms with Gasteiger partial charge in [-0.15, -0.1) is 0 Å². The fraction of sp³-hybridized carbons (Fsp3) is 1.00. The average molecular weight is 414 g/mol. The summed E-state index contributed by atoms with van der Waals surface area (Å²) in [6, 6.07) is 0. The second-order valence-corrected chi connectivity index (χ2v) is 6.81. The summed E-state index contributed by atoms with van der Waals surface area (Å²) < 4.78 is 76.8. The Hall–Kier alpha value is -0.460. The molecule has 0 aromatic rings. The third-order valence-corrected chi connectivity index (χ3v) is 4.15. The highest BCUT2D eigenvalue weighted by molar-refractivity contribution is 7.82. The molecule has 15 heteroatoms. The SMILES string of the molecule is COS(=O)(=O)OC(COCO)COCC(COCO)OS(=O)(=O)OC. The molecule has 0 saturated carbocycles. The highest BCUT2D eigenvalue weighted by Gasteiger charge is 2.23. The molecule has 0 radical (unpaired) electrons. The van der Waals surface area contributed by atoms with Crippen LogP contribution in [0.15, 0.2) is 0 Å². The highest BCUT2D eigenvalue weighted by atomic mass is 32.3. The van der Waals surface area contributed by atoms with Crippen LogP contribution in [-0.4, -0.2) is 93.5 Å². The molecule has 25 heavy (non-hydrogen) atoms. The summed E-state index contributed by atoms with van der Waals surface area (Å²) in [5.74, 6) is 0. The summed E-state index contributed by atoms with van der Waals surface area (Å²) in [5, 5.41) is 17.2. The van der Waals surface area contributed by atoms with Crippen molar-refractivity contribution in [1.82, 2.24) is 0 Å². The van der Waals surface area contributed by atoms with Crippen molar-refractivity contribution < 1.29 is 58.0 Å². The Balaban J connectivity index is 4.64. The van der Waals surface area contributed by atoms with Crippen molar-refractivity contribution in [3.05, 3.63) is 0 Å². The number of hydrogen-bond acceptors (Lipinski definition) is 13. The molecule has 0 aliphatic heterocycles. The Morgan fingerprint density at radius 1 is 0.680 bits per heavy atom. The van der Waals surface area contributed by atoms with Crippen LogP contribution >= 0.6 is 0 Å². The van der Waals surface area contributed by atoms with Gasteiger partial charge in [-0.2, -0.15) is 16.8 Å². The number of rotatable bonds is 16. The Morgan fingerprint density at radius 2 is 1.00 bits per heavy atom. The van der Waals surface area contributed by atoms with Crippen LogP contribution in [-0.2, 0) is 51.7 Å². The molecule has 2 unspecified atom stereocenters. The molecule has 0 bridgehead atoms. The van der Waals surface area contributed by atoms with Crippen molar-refractivity contribution in [2.45, 2.75) is 12.2 Å². The van der Waals surface area contributed by atoms with Gasteiger partial charge in [-0.1, -0.05) is 0 Å². The first kappa shape index (κ1) is 24.5. The summed E-state index contributed by atoms with van der Waals surface area (Å²) in [5.41, 5.74) is 0. The minimum atomic E-state index is -4.29. The maximum atomic E-state index is 11.3. The standard InChI is InChI=1S/C10H22O13S2/c1-17-24(13,14)22-9(5-20-7-11)3-19-4-10(6-21-8-12)23-25(15,16)18-2/h9-12H,3-8H2,1-2H3. The van der Waals surface area contributed by atoms with Gasteiger partial charge in [0.2, 0.25) is 0 Å². The molecule has 152 valence electrons. The van der Waals surface area contributed by atoms with E-state index in [0.29, 0.717) is 0 Å².